The van der Waals surface area contributed by atoms with E-state index in [9.17, 15) is 0 Å². The van der Waals surface area contributed by atoms with Crippen molar-refractivity contribution in [3.05, 3.63) is 89.6 Å². The van der Waals surface area contributed by atoms with Gasteiger partial charge < -0.3 is 14.8 Å². The zero-order valence-corrected chi connectivity index (χ0v) is 15.0. The number of rotatable bonds is 9. The van der Waals surface area contributed by atoms with E-state index in [4.69, 9.17) is 9.47 Å². The lowest BCUT2D eigenvalue weighted by atomic mass is 10.1. The summed E-state index contributed by atoms with van der Waals surface area (Å²) in [5, 5.41) is 3.36. The molecule has 0 spiro atoms. The Balaban J connectivity index is 1.37. The predicted octanol–water partition coefficient (Wildman–Crippen LogP) is 4.14. The standard InChI is InChI=1S/C22H24N2O2/c1-18-6-2-3-7-20(18)17-26-21-11-9-19(10-12-21)16-23-14-15-25-22-8-4-5-13-24-22/h2-13,23H,14-17H2,1H3. The normalized spacial score (nSPS) is 10.5. The van der Waals surface area contributed by atoms with Gasteiger partial charge in [0, 0.05) is 25.4 Å². The number of aryl methyl sites for hydroxylation is 1. The molecule has 134 valence electrons. The van der Waals surface area contributed by atoms with Gasteiger partial charge in [0.05, 0.1) is 0 Å². The molecule has 3 aromatic rings. The molecule has 0 aliphatic heterocycles. The van der Waals surface area contributed by atoms with Gasteiger partial charge in [-0.3, -0.25) is 0 Å². The topological polar surface area (TPSA) is 43.4 Å². The van der Waals surface area contributed by atoms with Crippen LogP contribution < -0.4 is 14.8 Å². The van der Waals surface area contributed by atoms with Gasteiger partial charge in [-0.25, -0.2) is 4.98 Å². The highest BCUT2D eigenvalue weighted by molar-refractivity contribution is 5.29. The zero-order chi connectivity index (χ0) is 18.0. The molecule has 1 heterocycles. The van der Waals surface area contributed by atoms with Gasteiger partial charge in [0.15, 0.2) is 0 Å². The molecule has 0 bridgehead atoms. The minimum atomic E-state index is 0.592. The fourth-order valence-corrected chi connectivity index (χ4v) is 2.53. The van der Waals surface area contributed by atoms with Crippen LogP contribution in [0.2, 0.25) is 0 Å². The lowest BCUT2D eigenvalue weighted by Crippen LogP contribution is -2.20. The second-order valence-corrected chi connectivity index (χ2v) is 6.05. The predicted molar refractivity (Wildman–Crippen MR) is 103 cm³/mol. The Labute approximate surface area is 154 Å². The number of aromatic nitrogens is 1. The molecule has 0 fully saturated rings. The quantitative estimate of drug-likeness (QED) is 0.590. The van der Waals surface area contributed by atoms with E-state index >= 15 is 0 Å². The van der Waals surface area contributed by atoms with Crippen LogP contribution in [0, 0.1) is 6.92 Å². The van der Waals surface area contributed by atoms with Crippen molar-refractivity contribution < 1.29 is 9.47 Å². The second-order valence-electron chi connectivity index (χ2n) is 6.05. The molecule has 2 aromatic carbocycles. The van der Waals surface area contributed by atoms with Crippen LogP contribution in [0.3, 0.4) is 0 Å². The lowest BCUT2D eigenvalue weighted by molar-refractivity contribution is 0.301. The molecule has 0 atom stereocenters. The molecule has 0 aliphatic rings. The molecular weight excluding hydrogens is 324 g/mol. The fourth-order valence-electron chi connectivity index (χ4n) is 2.53. The maximum absolute atomic E-state index is 5.87. The van der Waals surface area contributed by atoms with Crippen LogP contribution >= 0.6 is 0 Å². The van der Waals surface area contributed by atoms with Crippen LogP contribution in [-0.2, 0) is 13.2 Å². The first-order chi connectivity index (χ1) is 12.8. The largest absolute Gasteiger partial charge is 0.489 e. The number of pyridine rings is 1. The van der Waals surface area contributed by atoms with E-state index in [1.807, 2.05) is 42.5 Å². The average Bonchev–Trinajstić information content (AvgIpc) is 2.69. The third-order valence-electron chi connectivity index (χ3n) is 4.07. The lowest BCUT2D eigenvalue weighted by Gasteiger charge is -2.10. The van der Waals surface area contributed by atoms with E-state index in [0.717, 1.165) is 18.8 Å². The Bertz CT molecular complexity index is 789. The molecule has 0 radical (unpaired) electrons. The number of nitrogens with zero attached hydrogens (tertiary/aromatic N) is 1. The van der Waals surface area contributed by atoms with Crippen LogP contribution in [-0.4, -0.2) is 18.1 Å². The molecule has 4 nitrogen and oxygen atoms in total. The molecule has 0 aliphatic carbocycles. The van der Waals surface area contributed by atoms with Gasteiger partial charge in [-0.05, 0) is 41.8 Å². The minimum Gasteiger partial charge on any atom is -0.489 e. The van der Waals surface area contributed by atoms with Crippen LogP contribution in [0.4, 0.5) is 0 Å². The molecule has 26 heavy (non-hydrogen) atoms. The van der Waals surface area contributed by atoms with Crippen molar-refractivity contribution in [3.63, 3.8) is 0 Å². The summed E-state index contributed by atoms with van der Waals surface area (Å²) >= 11 is 0. The Morgan fingerprint density at radius 2 is 1.69 bits per heavy atom. The molecule has 3 rings (SSSR count). The molecule has 0 saturated carbocycles. The maximum Gasteiger partial charge on any atom is 0.213 e. The van der Waals surface area contributed by atoms with Crippen molar-refractivity contribution in [1.29, 1.82) is 0 Å². The second kappa shape index (κ2) is 9.59. The first kappa shape index (κ1) is 18.0. The molecule has 1 N–H and O–H groups in total. The van der Waals surface area contributed by atoms with E-state index in [1.165, 1.54) is 16.7 Å². The maximum atomic E-state index is 5.87. The van der Waals surface area contributed by atoms with E-state index in [2.05, 4.69) is 41.5 Å². The average molecular weight is 348 g/mol. The number of benzene rings is 2. The smallest absolute Gasteiger partial charge is 0.213 e. The number of hydrogen-bond donors (Lipinski definition) is 1. The van der Waals surface area contributed by atoms with Gasteiger partial charge in [-0.2, -0.15) is 0 Å². The summed E-state index contributed by atoms with van der Waals surface area (Å²) in [6.45, 7) is 4.85. The van der Waals surface area contributed by atoms with Crippen LogP contribution in [0.25, 0.3) is 0 Å². The summed E-state index contributed by atoms with van der Waals surface area (Å²) in [4.78, 5) is 4.13. The molecular formula is C22H24N2O2. The van der Waals surface area contributed by atoms with Gasteiger partial charge in [-0.15, -0.1) is 0 Å². The SMILES string of the molecule is Cc1ccccc1COc1ccc(CNCCOc2ccccn2)cc1. The fraction of sp³-hybridized carbons (Fsp3) is 0.227. The van der Waals surface area contributed by atoms with Gasteiger partial charge in [0.25, 0.3) is 0 Å². The van der Waals surface area contributed by atoms with Crippen molar-refractivity contribution in [2.75, 3.05) is 13.2 Å². The van der Waals surface area contributed by atoms with Gasteiger partial charge >= 0.3 is 0 Å². The number of ether oxygens (including phenoxy) is 2. The van der Waals surface area contributed by atoms with E-state index in [0.29, 0.717) is 19.1 Å². The molecule has 0 saturated heterocycles. The van der Waals surface area contributed by atoms with E-state index < -0.39 is 0 Å². The molecule has 0 unspecified atom stereocenters. The summed E-state index contributed by atoms with van der Waals surface area (Å²) in [5.74, 6) is 1.54. The summed E-state index contributed by atoms with van der Waals surface area (Å²) in [5.41, 5.74) is 3.68. The minimum absolute atomic E-state index is 0.592. The molecule has 0 amide bonds. The first-order valence-corrected chi connectivity index (χ1v) is 8.82. The summed E-state index contributed by atoms with van der Waals surface area (Å²) < 4.78 is 11.4. The van der Waals surface area contributed by atoms with Crippen LogP contribution in [0.1, 0.15) is 16.7 Å². The Hall–Kier alpha value is -2.85. The first-order valence-electron chi connectivity index (χ1n) is 8.82. The van der Waals surface area contributed by atoms with E-state index in [-0.39, 0.29) is 0 Å². The van der Waals surface area contributed by atoms with Crippen LogP contribution in [0.5, 0.6) is 11.6 Å². The Morgan fingerprint density at radius 1 is 0.885 bits per heavy atom. The van der Waals surface area contributed by atoms with Crippen molar-refractivity contribution in [1.82, 2.24) is 10.3 Å². The van der Waals surface area contributed by atoms with Gasteiger partial charge in [-0.1, -0.05) is 42.5 Å². The highest BCUT2D eigenvalue weighted by Gasteiger charge is 2.00. The highest BCUT2D eigenvalue weighted by atomic mass is 16.5. The summed E-state index contributed by atoms with van der Waals surface area (Å²) in [7, 11) is 0. The van der Waals surface area contributed by atoms with Crippen molar-refractivity contribution in [3.8, 4) is 11.6 Å². The van der Waals surface area contributed by atoms with Crippen molar-refractivity contribution in [2.24, 2.45) is 0 Å². The highest BCUT2D eigenvalue weighted by Crippen LogP contribution is 2.15. The van der Waals surface area contributed by atoms with Gasteiger partial charge in [0.2, 0.25) is 5.88 Å². The third-order valence-corrected chi connectivity index (χ3v) is 4.07. The van der Waals surface area contributed by atoms with Crippen molar-refractivity contribution >= 4 is 0 Å². The van der Waals surface area contributed by atoms with Crippen molar-refractivity contribution in [2.45, 2.75) is 20.1 Å². The zero-order valence-electron chi connectivity index (χ0n) is 15.0. The monoisotopic (exact) mass is 348 g/mol. The summed E-state index contributed by atoms with van der Waals surface area (Å²) in [6.07, 6.45) is 1.73. The Kier molecular flexibility index (Phi) is 6.62. The molecule has 4 heteroatoms. The third kappa shape index (κ3) is 5.60. The summed E-state index contributed by atoms with van der Waals surface area (Å²) in [6, 6.07) is 22.1. The van der Waals surface area contributed by atoms with Crippen LogP contribution in [0.15, 0.2) is 72.9 Å². The molecule has 1 aromatic heterocycles. The number of hydrogen-bond acceptors (Lipinski definition) is 4. The van der Waals surface area contributed by atoms with E-state index in [1.54, 1.807) is 6.20 Å². The number of nitrogens with one attached hydrogen (secondary N) is 1. The van der Waals surface area contributed by atoms with Gasteiger partial charge in [0.1, 0.15) is 19.0 Å². The Morgan fingerprint density at radius 3 is 2.46 bits per heavy atom.